The molecular formula is C89H143F21O14. The molecule has 0 aliphatic heterocycles. The van der Waals surface area contributed by atoms with Crippen molar-refractivity contribution in [3.8, 4) is 0 Å². The number of carbonyl (C=O) groups is 4. The lowest BCUT2D eigenvalue weighted by Crippen LogP contribution is -2.48. The van der Waals surface area contributed by atoms with Gasteiger partial charge in [-0.15, -0.1) is 0 Å². The van der Waals surface area contributed by atoms with Gasteiger partial charge in [-0.25, -0.2) is 0 Å². The van der Waals surface area contributed by atoms with Crippen molar-refractivity contribution in [2.45, 2.75) is 396 Å². The molecule has 6 N–H and O–H groups in total. The van der Waals surface area contributed by atoms with Gasteiger partial charge in [0.2, 0.25) is 5.60 Å². The summed E-state index contributed by atoms with van der Waals surface area (Å²) in [5.41, 5.74) is -23.7. The van der Waals surface area contributed by atoms with Crippen molar-refractivity contribution in [2.75, 3.05) is 7.11 Å². The fraction of sp³-hybridized carbons (Fsp3) is 0.888. The Labute approximate surface area is 719 Å². The third-order valence-corrected chi connectivity index (χ3v) is 27.8. The predicted molar refractivity (Wildman–Crippen MR) is 426 cm³/mol. The van der Waals surface area contributed by atoms with Crippen LogP contribution in [0.25, 0.3) is 0 Å². The molecule has 0 saturated heterocycles. The molecule has 0 spiro atoms. The van der Waals surface area contributed by atoms with Gasteiger partial charge in [-0.05, 0) is 283 Å². The molecule has 7 rings (SSSR count). The SMILES string of the molecule is CC(O)(CC1CC2CCC1C2)C(F)(F)F.CC1C2CC(CC(C)(O)C(F)(F)F)C(C2)C1C.CCC(C)(C)C(=O)OC.CCC(C)(C)C(=O)OC(C)(c1ccc(C(C)(O)C(F)(F)F)cc1)C(F)(F)F.CCC(C)(C)C(=O)OC(CC(C)(O)C(F)(F)F)C(C)C.CCC(C)(C)C(=O)OC(CC(C)(O)C(F)(F)F)C1CC2CCC1C2.CCC(C)CC(C)(O)C(F)(F)F. The van der Waals surface area contributed by atoms with E-state index >= 15 is 0 Å². The second-order valence-electron chi connectivity index (χ2n) is 40.2. The van der Waals surface area contributed by atoms with Gasteiger partial charge in [0.25, 0.3) is 0 Å². The number of ether oxygens (including phenoxy) is 4. The zero-order valence-corrected chi connectivity index (χ0v) is 77.0. The van der Waals surface area contributed by atoms with Gasteiger partial charge in [-0.3, -0.25) is 19.2 Å². The third-order valence-electron chi connectivity index (χ3n) is 27.8. The van der Waals surface area contributed by atoms with Crippen molar-refractivity contribution >= 4 is 23.9 Å². The highest BCUT2D eigenvalue weighted by Crippen LogP contribution is 2.59. The van der Waals surface area contributed by atoms with Gasteiger partial charge in [0.1, 0.15) is 12.2 Å². The van der Waals surface area contributed by atoms with Crippen molar-refractivity contribution in [3.05, 3.63) is 35.4 Å². The van der Waals surface area contributed by atoms with E-state index in [9.17, 15) is 137 Å². The van der Waals surface area contributed by atoms with Crippen LogP contribution in [-0.4, -0.2) is 145 Å². The standard InChI is InChI=1S/C18H22F6O3.C18H29F3O3.C14H25F3O3.C13H21F3O.C11H17F3O.C8H15F3O.C7H14O2/c1-6-14(2,3)13(25)27-16(5,18(22,23)24)12-9-7-11(8-10-12)15(4,26)17(19,20)21;1-5-16(2,3)15(22)24-14(10-17(4,23)18(19,20)21)13-9-11-6-7-12(13)8-11;1-7-12(4,5)11(18)20-10(9(2)3)8-13(6,19)14(15,16)17;1-7-8(2)11-5-9(7)4-10(11)6-12(3,17)13(14,15)16;1-10(15,11(12,13)14)6-9-5-7-2-3-8(9)4-7;1-4-6(2)5-7(3,12)8(9,10)11;1-5-7(2,3)6(8)9-4/h7-10,26H,6H2,1-5H3;11-14,23H,5-10H2,1-4H3;9-10,19H,7-8H2,1-6H3;7-11,17H,4-6H2,1-3H3;7-9,15H,2-6H2,1H3;6,12H,4-5H2,1-3H3;5H2,1-4H3. The molecule has 21 atom stereocenters. The lowest BCUT2D eigenvalue weighted by Gasteiger charge is -2.37. The number of rotatable bonds is 26. The summed E-state index contributed by atoms with van der Waals surface area (Å²) >= 11 is 0. The summed E-state index contributed by atoms with van der Waals surface area (Å²) in [7, 11) is 1.42. The van der Waals surface area contributed by atoms with Crippen LogP contribution in [0.3, 0.4) is 0 Å². The minimum atomic E-state index is -5.01. The number of hydrogen-bond acceptors (Lipinski definition) is 14. The zero-order chi connectivity index (χ0) is 97.9. The van der Waals surface area contributed by atoms with Crippen LogP contribution < -0.4 is 0 Å². The van der Waals surface area contributed by atoms with E-state index in [4.69, 9.17) is 19.3 Å². The minimum Gasteiger partial charge on any atom is -0.469 e. The number of esters is 4. The molecule has 21 unspecified atom stereocenters. The normalized spacial score (nSPS) is 26.4. The molecule has 0 aromatic heterocycles. The van der Waals surface area contributed by atoms with Crippen LogP contribution in [0.4, 0.5) is 92.2 Å². The van der Waals surface area contributed by atoms with Gasteiger partial charge in [-0.2, -0.15) is 92.2 Å². The fourth-order valence-electron chi connectivity index (χ4n) is 15.9. The Balaban J connectivity index is 0.000000740. The molecule has 0 amide bonds. The molecule has 6 fully saturated rings. The van der Waals surface area contributed by atoms with Crippen LogP contribution >= 0.6 is 0 Å². The molecule has 730 valence electrons. The summed E-state index contributed by atoms with van der Waals surface area (Å²) in [6, 6.07) is 2.97. The molecule has 0 heterocycles. The maximum absolute atomic E-state index is 13.7. The molecule has 124 heavy (non-hydrogen) atoms. The highest BCUT2D eigenvalue weighted by molar-refractivity contribution is 5.77. The maximum Gasteiger partial charge on any atom is 0.432 e. The lowest BCUT2D eigenvalue weighted by atomic mass is 9.72. The first kappa shape index (κ1) is 117. The van der Waals surface area contributed by atoms with Crippen molar-refractivity contribution in [1.29, 1.82) is 0 Å². The Morgan fingerprint density at radius 1 is 0.387 bits per heavy atom. The highest BCUT2D eigenvalue weighted by Gasteiger charge is 2.61. The molecule has 35 heteroatoms. The Morgan fingerprint density at radius 2 is 0.750 bits per heavy atom. The molecule has 6 saturated carbocycles. The van der Waals surface area contributed by atoms with Gasteiger partial charge in [0, 0.05) is 18.4 Å². The van der Waals surface area contributed by atoms with Crippen molar-refractivity contribution in [2.24, 2.45) is 98.6 Å². The first-order valence-corrected chi connectivity index (χ1v) is 42.9. The molecule has 1 aromatic rings. The van der Waals surface area contributed by atoms with E-state index < -0.39 is 153 Å². The number of halogens is 21. The van der Waals surface area contributed by atoms with Crippen LogP contribution in [0.1, 0.15) is 313 Å². The minimum absolute atomic E-state index is 0.0443. The number of fused-ring (bicyclic) bond motifs is 6. The first-order chi connectivity index (χ1) is 55.2. The van der Waals surface area contributed by atoms with Crippen molar-refractivity contribution in [3.63, 3.8) is 0 Å². The lowest BCUT2D eigenvalue weighted by molar-refractivity contribution is -0.273. The molecule has 0 radical (unpaired) electrons. The molecule has 1 aromatic carbocycles. The van der Waals surface area contributed by atoms with Crippen molar-refractivity contribution in [1.82, 2.24) is 0 Å². The summed E-state index contributed by atoms with van der Waals surface area (Å²) in [6.07, 6.45) is -23.9. The summed E-state index contributed by atoms with van der Waals surface area (Å²) in [6.45, 7) is 37.0. The number of benzene rings is 1. The zero-order valence-electron chi connectivity index (χ0n) is 77.0. The van der Waals surface area contributed by atoms with Gasteiger partial charge in [0.15, 0.2) is 33.6 Å². The predicted octanol–water partition coefficient (Wildman–Crippen LogP) is 24.5. The Morgan fingerprint density at radius 3 is 1.06 bits per heavy atom. The average Bonchev–Trinajstić information content (AvgIpc) is 1.01. The number of carbonyl (C=O) groups excluding carboxylic acids is 4. The van der Waals surface area contributed by atoms with E-state index in [1.54, 1.807) is 69.2 Å². The Bertz CT molecular complexity index is 3460. The van der Waals surface area contributed by atoms with E-state index in [2.05, 4.69) is 18.6 Å². The molecule has 6 bridgehead atoms. The van der Waals surface area contributed by atoms with Gasteiger partial charge < -0.3 is 49.6 Å². The number of alkyl halides is 21. The smallest absolute Gasteiger partial charge is 0.432 e. The number of hydrogen-bond donors (Lipinski definition) is 6. The number of methoxy groups -OCH3 is 1. The quantitative estimate of drug-likeness (QED) is 0.0288. The molecule has 6 aliphatic rings. The van der Waals surface area contributed by atoms with Crippen LogP contribution in [0.15, 0.2) is 24.3 Å². The Hall–Kier alpha value is -4.61. The summed E-state index contributed by atoms with van der Waals surface area (Å²) in [4.78, 5) is 47.4. The first-order valence-electron chi connectivity index (χ1n) is 42.9. The highest BCUT2D eigenvalue weighted by atomic mass is 19.4. The van der Waals surface area contributed by atoms with Crippen LogP contribution in [0.2, 0.25) is 0 Å². The van der Waals surface area contributed by atoms with Crippen LogP contribution in [0, 0.1) is 98.6 Å². The molecule has 6 aliphatic carbocycles. The van der Waals surface area contributed by atoms with Gasteiger partial charge in [0.05, 0.1) is 28.8 Å². The molecular weight excluding hydrogens is 1690 g/mol. The maximum atomic E-state index is 13.7. The van der Waals surface area contributed by atoms with E-state index in [1.165, 1.54) is 27.4 Å². The van der Waals surface area contributed by atoms with Crippen LogP contribution in [-0.2, 0) is 49.3 Å². The second-order valence-corrected chi connectivity index (χ2v) is 40.2. The van der Waals surface area contributed by atoms with Crippen LogP contribution in [0.5, 0.6) is 0 Å². The largest absolute Gasteiger partial charge is 0.469 e. The van der Waals surface area contributed by atoms with E-state index in [0.29, 0.717) is 87.4 Å². The summed E-state index contributed by atoms with van der Waals surface area (Å²) in [5, 5.41) is 57.1. The average molecular weight is 1840 g/mol. The van der Waals surface area contributed by atoms with Gasteiger partial charge >= 0.3 is 67.1 Å². The second kappa shape index (κ2) is 43.2. The fourth-order valence-corrected chi connectivity index (χ4v) is 15.9. The molecule has 14 nitrogen and oxygen atoms in total. The topological polar surface area (TPSA) is 227 Å². The number of aliphatic hydroxyl groups is 6. The van der Waals surface area contributed by atoms with E-state index in [1.807, 2.05) is 27.7 Å². The van der Waals surface area contributed by atoms with E-state index in [0.717, 1.165) is 116 Å². The monoisotopic (exact) mass is 1840 g/mol. The van der Waals surface area contributed by atoms with Gasteiger partial charge in [-0.1, -0.05) is 113 Å². The summed E-state index contributed by atoms with van der Waals surface area (Å²) in [5.74, 6) is 1.36. The van der Waals surface area contributed by atoms with E-state index in [-0.39, 0.29) is 66.7 Å². The third kappa shape index (κ3) is 31.6. The Kier molecular flexibility index (Phi) is 40.9. The van der Waals surface area contributed by atoms with Crippen molar-refractivity contribution < 1.29 is 161 Å². The summed E-state index contributed by atoms with van der Waals surface area (Å²) < 4.78 is 289.